The molecule has 2 aromatic heterocycles. The van der Waals surface area contributed by atoms with Crippen LogP contribution in [0.1, 0.15) is 69.9 Å². The number of aromatic nitrogens is 3. The van der Waals surface area contributed by atoms with E-state index >= 15 is 0 Å². The van der Waals surface area contributed by atoms with Crippen molar-refractivity contribution in [1.29, 1.82) is 0 Å². The van der Waals surface area contributed by atoms with Crippen molar-refractivity contribution in [2.45, 2.75) is 64.3 Å². The predicted molar refractivity (Wildman–Crippen MR) is 164 cm³/mol. The third-order valence-electron chi connectivity index (χ3n) is 8.62. The summed E-state index contributed by atoms with van der Waals surface area (Å²) in [6, 6.07) is 14.7. The van der Waals surface area contributed by atoms with Crippen molar-refractivity contribution in [3.8, 4) is 11.6 Å². The highest BCUT2D eigenvalue weighted by Gasteiger charge is 2.32. The fourth-order valence-corrected chi connectivity index (χ4v) is 5.96. The number of imidazole rings is 1. The molecule has 0 amide bonds. The summed E-state index contributed by atoms with van der Waals surface area (Å²) in [7, 11) is 1.36. The van der Waals surface area contributed by atoms with E-state index in [1.807, 2.05) is 24.3 Å². The lowest BCUT2D eigenvalue weighted by Crippen LogP contribution is -2.35. The van der Waals surface area contributed by atoms with E-state index < -0.39 is 18.1 Å². The fraction of sp³-hybridized carbons (Fsp3) is 0.412. The number of pyridine rings is 1. The average Bonchev–Trinajstić information content (AvgIpc) is 3.37. The molecule has 1 atom stereocenters. The molecule has 0 saturated carbocycles. The molecule has 0 radical (unpaired) electrons. The van der Waals surface area contributed by atoms with Gasteiger partial charge in [-0.05, 0) is 69.6 Å². The molecule has 4 heterocycles. The molecule has 0 N–H and O–H groups in total. The molecule has 0 bridgehead atoms. The number of hydrogen-bond acceptors (Lipinski definition) is 9. The number of nitrogens with zero attached hydrogens (tertiary/aromatic N) is 4. The maximum absolute atomic E-state index is 13.0. The lowest BCUT2D eigenvalue weighted by atomic mass is 9.93. The van der Waals surface area contributed by atoms with Gasteiger partial charge in [-0.3, -0.25) is 9.69 Å². The van der Waals surface area contributed by atoms with Gasteiger partial charge in [0.2, 0.25) is 5.88 Å². The van der Waals surface area contributed by atoms with Gasteiger partial charge in [0.25, 0.3) is 0 Å². The molecule has 13 heteroatoms. The van der Waals surface area contributed by atoms with Gasteiger partial charge in [0.15, 0.2) is 5.78 Å². The number of hydrogen-bond donors (Lipinski definition) is 0. The van der Waals surface area contributed by atoms with Crippen molar-refractivity contribution in [2.75, 3.05) is 26.8 Å². The second kappa shape index (κ2) is 13.7. The Balaban J connectivity index is 1.10. The third kappa shape index (κ3) is 7.74. The summed E-state index contributed by atoms with van der Waals surface area (Å²) < 4.78 is 61.8. The Morgan fingerprint density at radius 3 is 2.45 bits per heavy atom. The number of carbonyl (C=O) groups excluding carboxylic acids is 2. The lowest BCUT2D eigenvalue weighted by Gasteiger charge is -2.32. The molecular formula is C34H35F3N4O6. The number of likely N-dealkylation sites (tertiary alicyclic amines) is 1. The van der Waals surface area contributed by atoms with Crippen LogP contribution in [-0.2, 0) is 29.2 Å². The van der Waals surface area contributed by atoms with Gasteiger partial charge in [0.1, 0.15) is 18.2 Å². The highest BCUT2D eigenvalue weighted by atomic mass is 19.4. The number of methoxy groups -OCH3 is 1. The van der Waals surface area contributed by atoms with E-state index in [1.54, 1.807) is 12.1 Å². The van der Waals surface area contributed by atoms with Gasteiger partial charge in [-0.1, -0.05) is 18.2 Å². The van der Waals surface area contributed by atoms with Gasteiger partial charge >= 0.3 is 12.3 Å². The number of Topliss-reactive ketones (excluding diaryl/α,β-unsaturated/α-hetero) is 1. The van der Waals surface area contributed by atoms with Gasteiger partial charge < -0.3 is 23.5 Å². The molecule has 2 fully saturated rings. The largest absolute Gasteiger partial charge is 0.573 e. The second-order valence-electron chi connectivity index (χ2n) is 11.8. The van der Waals surface area contributed by atoms with Crippen LogP contribution in [0.3, 0.4) is 0 Å². The number of carbonyl (C=O) groups is 2. The number of ether oxygens (including phenoxy) is 4. The van der Waals surface area contributed by atoms with Crippen LogP contribution in [-0.4, -0.2) is 70.5 Å². The van der Waals surface area contributed by atoms with Crippen molar-refractivity contribution in [3.63, 3.8) is 0 Å². The number of alkyl halides is 3. The van der Waals surface area contributed by atoms with Gasteiger partial charge in [-0.2, -0.15) is 0 Å². The van der Waals surface area contributed by atoms with Crippen LogP contribution < -0.4 is 9.47 Å². The van der Waals surface area contributed by atoms with E-state index in [0.717, 1.165) is 67.6 Å². The van der Waals surface area contributed by atoms with Gasteiger partial charge in [0.05, 0.1) is 42.9 Å². The van der Waals surface area contributed by atoms with Crippen LogP contribution in [0.2, 0.25) is 0 Å². The summed E-state index contributed by atoms with van der Waals surface area (Å²) in [5.41, 5.74) is 3.27. The third-order valence-corrected chi connectivity index (χ3v) is 8.62. The van der Waals surface area contributed by atoms with E-state index in [-0.39, 0.29) is 41.4 Å². The van der Waals surface area contributed by atoms with Crippen LogP contribution in [0, 0.1) is 0 Å². The van der Waals surface area contributed by atoms with Crippen LogP contribution in [0.25, 0.3) is 11.0 Å². The minimum Gasteiger partial charge on any atom is -0.473 e. The van der Waals surface area contributed by atoms with Crippen molar-refractivity contribution in [3.05, 3.63) is 82.8 Å². The molecule has 4 aromatic rings. The maximum Gasteiger partial charge on any atom is 0.573 e. The molecule has 0 aliphatic carbocycles. The lowest BCUT2D eigenvalue weighted by molar-refractivity contribution is -0.275. The Bertz CT molecular complexity index is 1760. The van der Waals surface area contributed by atoms with Crippen LogP contribution >= 0.6 is 0 Å². The maximum atomic E-state index is 13.0. The van der Waals surface area contributed by atoms with Crippen LogP contribution in [0.15, 0.2) is 54.6 Å². The Morgan fingerprint density at radius 2 is 1.77 bits per heavy atom. The number of halogens is 3. The smallest absolute Gasteiger partial charge is 0.473 e. The Kier molecular flexibility index (Phi) is 9.46. The monoisotopic (exact) mass is 652 g/mol. The number of fused-ring (bicyclic) bond motifs is 1. The first-order chi connectivity index (χ1) is 22.6. The fourth-order valence-electron chi connectivity index (χ4n) is 5.96. The molecule has 2 aromatic carbocycles. The van der Waals surface area contributed by atoms with Gasteiger partial charge in [-0.15, -0.1) is 13.2 Å². The molecule has 10 nitrogen and oxygen atoms in total. The molecule has 1 unspecified atom stereocenters. The molecule has 2 aliphatic heterocycles. The molecule has 6 rings (SSSR count). The molecule has 248 valence electrons. The quantitative estimate of drug-likeness (QED) is 0.141. The van der Waals surface area contributed by atoms with E-state index in [1.165, 1.54) is 26.2 Å². The first-order valence-electron chi connectivity index (χ1n) is 15.5. The Hall–Kier alpha value is -4.49. The molecule has 47 heavy (non-hydrogen) atoms. The minimum atomic E-state index is -4.91. The number of ketones is 1. The summed E-state index contributed by atoms with van der Waals surface area (Å²) in [6.45, 7) is 4.73. The van der Waals surface area contributed by atoms with Crippen molar-refractivity contribution in [1.82, 2.24) is 19.4 Å². The van der Waals surface area contributed by atoms with Crippen molar-refractivity contribution < 1.29 is 41.7 Å². The van der Waals surface area contributed by atoms with E-state index in [4.69, 9.17) is 19.2 Å². The normalized spacial score (nSPS) is 17.3. The van der Waals surface area contributed by atoms with Crippen LogP contribution in [0.5, 0.6) is 11.6 Å². The van der Waals surface area contributed by atoms with Crippen molar-refractivity contribution in [2.24, 2.45) is 0 Å². The Labute approximate surface area is 269 Å². The summed E-state index contributed by atoms with van der Waals surface area (Å²) in [6.07, 6.45) is -2.12. The first kappa shape index (κ1) is 32.5. The Morgan fingerprint density at radius 1 is 1.00 bits per heavy atom. The van der Waals surface area contributed by atoms with Gasteiger partial charge in [-0.25, -0.2) is 14.8 Å². The second-order valence-corrected chi connectivity index (χ2v) is 11.8. The topological polar surface area (TPSA) is 105 Å². The highest BCUT2D eigenvalue weighted by Crippen LogP contribution is 2.32. The average molecular weight is 653 g/mol. The highest BCUT2D eigenvalue weighted by molar-refractivity contribution is 5.94. The van der Waals surface area contributed by atoms with Crippen molar-refractivity contribution >= 4 is 22.8 Å². The minimum absolute atomic E-state index is 0.108. The zero-order chi connectivity index (χ0) is 33.1. The zero-order valence-electron chi connectivity index (χ0n) is 26.1. The van der Waals surface area contributed by atoms with Crippen LogP contribution in [0.4, 0.5) is 13.2 Å². The predicted octanol–water partition coefficient (Wildman–Crippen LogP) is 6.07. The summed E-state index contributed by atoms with van der Waals surface area (Å²) >= 11 is 0. The van der Waals surface area contributed by atoms with E-state index in [2.05, 4.69) is 19.2 Å². The number of rotatable bonds is 11. The summed E-state index contributed by atoms with van der Waals surface area (Å²) in [5.74, 6) is 0.132. The number of esters is 1. The molecule has 0 spiro atoms. The SMILES string of the molecule is COC(=O)c1ccc2nc(CN3CCC(c4cccc(OCc5ccc(C(C)=O)cc5OC(F)(F)F)n4)CC3)n(CC3CCO3)c2c1. The number of piperidine rings is 1. The molecule has 2 saturated heterocycles. The first-order valence-corrected chi connectivity index (χ1v) is 15.5. The van der Waals surface area contributed by atoms with E-state index in [0.29, 0.717) is 18.7 Å². The zero-order valence-corrected chi connectivity index (χ0v) is 26.1. The molecular weight excluding hydrogens is 617 g/mol. The van der Waals surface area contributed by atoms with E-state index in [9.17, 15) is 22.8 Å². The number of benzene rings is 2. The molecule has 2 aliphatic rings. The van der Waals surface area contributed by atoms with Gasteiger partial charge in [0, 0.05) is 35.4 Å². The standard InChI is InChI=1S/C34H35F3N4O6/c1-21(42)23-6-7-25(30(17-23)47-34(35,36)37)20-46-32-5-3-4-27(39-32)22-10-13-40(14-11-22)19-31-38-28-9-8-24(33(43)44-2)16-29(28)41(31)18-26-12-15-45-26/h3-9,16-17,22,26H,10-15,18-20H2,1-2H3. The summed E-state index contributed by atoms with van der Waals surface area (Å²) in [5, 5.41) is 0. The summed E-state index contributed by atoms with van der Waals surface area (Å²) in [4.78, 5) is 35.8.